The van der Waals surface area contributed by atoms with E-state index < -0.39 is 34.8 Å². The smallest absolute Gasteiger partial charge is 0.274 e. The van der Waals surface area contributed by atoms with Crippen LogP contribution in [-0.4, -0.2) is 79.6 Å². The Morgan fingerprint density at radius 1 is 1.18 bits per heavy atom. The van der Waals surface area contributed by atoms with Crippen LogP contribution in [0.15, 0.2) is 30.6 Å². The molecule has 1 amide bonds. The molecule has 40 heavy (non-hydrogen) atoms. The van der Waals surface area contributed by atoms with Crippen LogP contribution in [0, 0.1) is 5.82 Å². The summed E-state index contributed by atoms with van der Waals surface area (Å²) >= 11 is 0. The summed E-state index contributed by atoms with van der Waals surface area (Å²) in [7, 11) is 0. The van der Waals surface area contributed by atoms with Gasteiger partial charge in [0, 0.05) is 49.9 Å². The summed E-state index contributed by atoms with van der Waals surface area (Å²) in [6.45, 7) is 6.22. The van der Waals surface area contributed by atoms with Gasteiger partial charge in [0.05, 0.1) is 28.6 Å². The third-order valence-corrected chi connectivity index (χ3v) is 8.18. The average Bonchev–Trinajstić information content (AvgIpc) is 3.30. The number of hydrogen-bond acceptors (Lipinski definition) is 7. The van der Waals surface area contributed by atoms with E-state index in [1.54, 1.807) is 6.20 Å². The van der Waals surface area contributed by atoms with Gasteiger partial charge in [0.15, 0.2) is 11.5 Å². The molecule has 214 valence electrons. The van der Waals surface area contributed by atoms with E-state index in [0.717, 1.165) is 25.9 Å². The molecule has 1 saturated carbocycles. The highest BCUT2D eigenvalue weighted by Crippen LogP contribution is 2.55. The number of likely N-dealkylation sites (tertiary alicyclic amines) is 1. The SMILES string of the molecule is CC(C)(O)c1c(NC(=O)c2cccc(C3CC3(F)F)n2)cn2cc(C3CCN(CC4(O)CNC4)CC3)nc2c1F. The van der Waals surface area contributed by atoms with Gasteiger partial charge in [-0.2, -0.15) is 0 Å². The molecule has 0 bridgehead atoms. The fourth-order valence-corrected chi connectivity index (χ4v) is 5.82. The molecule has 3 aromatic heterocycles. The van der Waals surface area contributed by atoms with Crippen LogP contribution in [0.1, 0.15) is 72.4 Å². The van der Waals surface area contributed by atoms with E-state index in [1.165, 1.54) is 42.6 Å². The van der Waals surface area contributed by atoms with E-state index in [1.807, 2.05) is 0 Å². The van der Waals surface area contributed by atoms with Gasteiger partial charge >= 0.3 is 0 Å². The Morgan fingerprint density at radius 3 is 2.48 bits per heavy atom. The van der Waals surface area contributed by atoms with Crippen LogP contribution in [-0.2, 0) is 5.60 Å². The molecule has 0 aromatic carbocycles. The Hall–Kier alpha value is -3.06. The lowest BCUT2D eigenvalue weighted by Gasteiger charge is -2.43. The van der Waals surface area contributed by atoms with Gasteiger partial charge in [-0.3, -0.25) is 4.79 Å². The molecule has 4 N–H and O–H groups in total. The molecule has 3 aromatic rings. The molecule has 3 fully saturated rings. The largest absolute Gasteiger partial charge is 0.386 e. The highest BCUT2D eigenvalue weighted by molar-refractivity contribution is 6.03. The molecular weight excluding hydrogens is 525 g/mol. The van der Waals surface area contributed by atoms with E-state index in [2.05, 4.69) is 25.5 Å². The van der Waals surface area contributed by atoms with Gasteiger partial charge in [-0.25, -0.2) is 23.1 Å². The molecule has 12 heteroatoms. The summed E-state index contributed by atoms with van der Waals surface area (Å²) in [6.07, 6.45) is 4.54. The number of nitrogens with zero attached hydrogens (tertiary/aromatic N) is 4. The molecular formula is C28H33F3N6O3. The number of pyridine rings is 2. The lowest BCUT2D eigenvalue weighted by Crippen LogP contribution is -2.65. The van der Waals surface area contributed by atoms with Crippen LogP contribution in [0.5, 0.6) is 0 Å². The van der Waals surface area contributed by atoms with Gasteiger partial charge in [0.2, 0.25) is 0 Å². The number of aliphatic hydroxyl groups is 2. The van der Waals surface area contributed by atoms with E-state index >= 15 is 4.39 Å². The van der Waals surface area contributed by atoms with Crippen LogP contribution in [0.4, 0.5) is 18.9 Å². The van der Waals surface area contributed by atoms with Crippen molar-refractivity contribution in [2.45, 2.75) is 62.1 Å². The molecule has 6 rings (SSSR count). The number of anilines is 1. The van der Waals surface area contributed by atoms with Crippen molar-refractivity contribution in [3.63, 3.8) is 0 Å². The van der Waals surface area contributed by atoms with E-state index in [9.17, 15) is 23.8 Å². The topological polar surface area (TPSA) is 115 Å². The maximum Gasteiger partial charge on any atom is 0.274 e. The number of nitrogens with one attached hydrogen (secondary N) is 2. The average molecular weight is 559 g/mol. The van der Waals surface area contributed by atoms with Crippen molar-refractivity contribution in [3.05, 3.63) is 59.1 Å². The van der Waals surface area contributed by atoms with Crippen molar-refractivity contribution in [1.29, 1.82) is 0 Å². The van der Waals surface area contributed by atoms with E-state index in [-0.39, 0.29) is 40.6 Å². The first-order valence-electron chi connectivity index (χ1n) is 13.6. The van der Waals surface area contributed by atoms with E-state index in [0.29, 0.717) is 25.3 Å². The van der Waals surface area contributed by atoms with Gasteiger partial charge in [0.1, 0.15) is 11.3 Å². The van der Waals surface area contributed by atoms with Gasteiger partial charge in [-0.05, 0) is 51.9 Å². The number of amides is 1. The Bertz CT molecular complexity index is 1460. The Morgan fingerprint density at radius 2 is 1.88 bits per heavy atom. The number of carbonyl (C=O) groups is 1. The first-order chi connectivity index (χ1) is 18.8. The summed E-state index contributed by atoms with van der Waals surface area (Å²) in [5.74, 6) is -5.20. The number of fused-ring (bicyclic) bond motifs is 1. The Balaban J connectivity index is 1.24. The van der Waals surface area contributed by atoms with Crippen molar-refractivity contribution in [1.82, 2.24) is 24.6 Å². The highest BCUT2D eigenvalue weighted by Gasteiger charge is 2.58. The maximum atomic E-state index is 15.9. The molecule has 0 radical (unpaired) electrons. The zero-order chi connectivity index (χ0) is 28.4. The second kappa shape index (κ2) is 9.51. The van der Waals surface area contributed by atoms with E-state index in [4.69, 9.17) is 0 Å². The summed E-state index contributed by atoms with van der Waals surface area (Å²) < 4.78 is 44.5. The van der Waals surface area contributed by atoms with Crippen LogP contribution >= 0.6 is 0 Å². The lowest BCUT2D eigenvalue weighted by molar-refractivity contribution is -0.0421. The highest BCUT2D eigenvalue weighted by atomic mass is 19.3. The second-order valence-corrected chi connectivity index (χ2v) is 12.0. The minimum absolute atomic E-state index is 0.0348. The van der Waals surface area contributed by atoms with Crippen molar-refractivity contribution < 1.29 is 28.2 Å². The molecule has 3 aliphatic rings. The monoisotopic (exact) mass is 558 g/mol. The number of alkyl halides is 2. The Kier molecular flexibility index (Phi) is 6.45. The summed E-state index contributed by atoms with van der Waals surface area (Å²) in [4.78, 5) is 24.0. The number of hydrogen-bond donors (Lipinski definition) is 4. The number of halogens is 3. The number of rotatable bonds is 7. The minimum Gasteiger partial charge on any atom is -0.386 e. The van der Waals surface area contributed by atoms with Crippen molar-refractivity contribution in [2.75, 3.05) is 38.0 Å². The predicted molar refractivity (Wildman–Crippen MR) is 141 cm³/mol. The molecule has 5 heterocycles. The van der Waals surface area contributed by atoms with Crippen LogP contribution in [0.3, 0.4) is 0 Å². The van der Waals surface area contributed by atoms with Crippen LogP contribution < -0.4 is 10.6 Å². The number of aromatic nitrogens is 3. The normalized spacial score (nSPS) is 22.7. The van der Waals surface area contributed by atoms with Gasteiger partial charge in [-0.15, -0.1) is 0 Å². The minimum atomic E-state index is -2.82. The number of β-amino-alcohol motifs (C(OH)–C–C–N with tert-alkyl or cyclic N) is 1. The number of piperidine rings is 1. The van der Waals surface area contributed by atoms with Crippen LogP contribution in [0.2, 0.25) is 0 Å². The zero-order valence-corrected chi connectivity index (χ0v) is 22.4. The zero-order valence-electron chi connectivity index (χ0n) is 22.4. The molecule has 2 saturated heterocycles. The lowest BCUT2D eigenvalue weighted by atomic mass is 9.91. The van der Waals surface area contributed by atoms with Gasteiger partial charge in [0.25, 0.3) is 11.8 Å². The van der Waals surface area contributed by atoms with Crippen LogP contribution in [0.25, 0.3) is 5.65 Å². The maximum absolute atomic E-state index is 15.9. The quantitative estimate of drug-likeness (QED) is 0.353. The first kappa shape index (κ1) is 27.1. The third kappa shape index (κ3) is 5.09. The molecule has 1 atom stereocenters. The van der Waals surface area contributed by atoms with Crippen molar-refractivity contribution >= 4 is 17.2 Å². The summed E-state index contributed by atoms with van der Waals surface area (Å²) in [5, 5.41) is 27.0. The standard InChI is InChI=1S/C28H33F3N6O3/c1-26(2,39)22-21(35-25(38)19-5-3-4-18(33-19)17-10-28(17,30)31)12-37-11-20(34-24(37)23(22)29)16-6-8-36(9-7-16)15-27(40)13-32-14-27/h3-5,11-12,16-17,32,39-40H,6-10,13-15H2,1-2H3,(H,35,38). The summed E-state index contributed by atoms with van der Waals surface area (Å²) in [5.41, 5.74) is -1.62. The number of carbonyl (C=O) groups excluding carboxylic acids is 1. The fourth-order valence-electron chi connectivity index (χ4n) is 5.82. The molecule has 0 spiro atoms. The summed E-state index contributed by atoms with van der Waals surface area (Å²) in [6, 6.07) is 4.35. The first-order valence-corrected chi connectivity index (χ1v) is 13.6. The van der Waals surface area contributed by atoms with Gasteiger partial charge < -0.3 is 30.1 Å². The molecule has 2 aliphatic heterocycles. The Labute approximate surface area is 229 Å². The second-order valence-electron chi connectivity index (χ2n) is 12.0. The fraction of sp³-hybridized carbons (Fsp3) is 0.536. The van der Waals surface area contributed by atoms with Crippen molar-refractivity contribution in [3.8, 4) is 0 Å². The third-order valence-electron chi connectivity index (χ3n) is 8.18. The van der Waals surface area contributed by atoms with Gasteiger partial charge in [-0.1, -0.05) is 6.07 Å². The molecule has 1 aliphatic carbocycles. The van der Waals surface area contributed by atoms with Crippen molar-refractivity contribution in [2.24, 2.45) is 0 Å². The molecule has 1 unspecified atom stereocenters. The molecule has 9 nitrogen and oxygen atoms in total. The predicted octanol–water partition coefficient (Wildman–Crippen LogP) is 2.98. The number of imidazole rings is 1.